The second kappa shape index (κ2) is 5.90. The van der Waals surface area contributed by atoms with Crippen LogP contribution in [0.2, 0.25) is 0 Å². The Bertz CT molecular complexity index is 436. The molecule has 1 unspecified atom stereocenters. The highest BCUT2D eigenvalue weighted by atomic mass is 32.1. The van der Waals surface area contributed by atoms with Crippen LogP contribution in [-0.2, 0) is 13.5 Å². The third-order valence-corrected chi connectivity index (χ3v) is 3.19. The molecule has 0 radical (unpaired) electrons. The lowest BCUT2D eigenvalue weighted by Gasteiger charge is -2.10. The fraction of sp³-hybridized carbons (Fsp3) is 0.455. The van der Waals surface area contributed by atoms with E-state index in [4.69, 9.17) is 5.73 Å². The monoisotopic (exact) mass is 251 g/mol. The summed E-state index contributed by atoms with van der Waals surface area (Å²) in [4.78, 5) is 4.23. The summed E-state index contributed by atoms with van der Waals surface area (Å²) in [5, 5.41) is 9.51. The maximum absolute atomic E-state index is 6.04. The Morgan fingerprint density at radius 1 is 1.59 bits per heavy atom. The molecule has 0 aliphatic rings. The van der Waals surface area contributed by atoms with Crippen LogP contribution in [0.15, 0.2) is 23.3 Å². The van der Waals surface area contributed by atoms with E-state index in [2.05, 4.69) is 20.8 Å². The number of hydrogen-bond acceptors (Lipinski definition) is 5. The van der Waals surface area contributed by atoms with Gasteiger partial charge in [-0.15, -0.1) is 11.3 Å². The van der Waals surface area contributed by atoms with Crippen LogP contribution in [0, 0.1) is 0 Å². The molecule has 0 bridgehead atoms. The van der Waals surface area contributed by atoms with Crippen LogP contribution in [0.5, 0.6) is 0 Å². The van der Waals surface area contributed by atoms with Crippen molar-refractivity contribution in [2.24, 2.45) is 12.8 Å². The van der Waals surface area contributed by atoms with Crippen LogP contribution in [-0.4, -0.2) is 27.9 Å². The third-order valence-electron chi connectivity index (χ3n) is 2.56. The maximum atomic E-state index is 6.04. The summed E-state index contributed by atoms with van der Waals surface area (Å²) in [5.74, 6) is 0. The first-order valence-electron chi connectivity index (χ1n) is 5.57. The normalized spacial score (nSPS) is 12.8. The summed E-state index contributed by atoms with van der Waals surface area (Å²) in [6.45, 7) is 1.66. The molecule has 2 heterocycles. The molecule has 0 fully saturated rings. The molecule has 2 aromatic rings. The molecule has 17 heavy (non-hydrogen) atoms. The van der Waals surface area contributed by atoms with Gasteiger partial charge < -0.3 is 11.1 Å². The number of nitrogens with two attached hydrogens (primary N) is 1. The minimum absolute atomic E-state index is 0.000802. The lowest BCUT2D eigenvalue weighted by molar-refractivity contribution is 0.596. The molecule has 5 nitrogen and oxygen atoms in total. The Hall–Kier alpha value is -1.24. The van der Waals surface area contributed by atoms with Crippen molar-refractivity contribution in [3.63, 3.8) is 0 Å². The van der Waals surface area contributed by atoms with Crippen LogP contribution in [0.3, 0.4) is 0 Å². The van der Waals surface area contributed by atoms with E-state index >= 15 is 0 Å². The molecular formula is C11H17N5S. The van der Waals surface area contributed by atoms with E-state index in [1.807, 2.05) is 25.0 Å². The third kappa shape index (κ3) is 3.62. The zero-order valence-corrected chi connectivity index (χ0v) is 10.7. The Kier molecular flexibility index (Phi) is 4.24. The second-order valence-corrected chi connectivity index (χ2v) is 4.71. The van der Waals surface area contributed by atoms with Crippen molar-refractivity contribution in [3.05, 3.63) is 34.5 Å². The second-order valence-electron chi connectivity index (χ2n) is 3.99. The fourth-order valence-corrected chi connectivity index (χ4v) is 2.18. The first kappa shape index (κ1) is 12.2. The van der Waals surface area contributed by atoms with Gasteiger partial charge in [0.25, 0.3) is 0 Å². The molecule has 1 atom stereocenters. The first-order chi connectivity index (χ1) is 8.25. The van der Waals surface area contributed by atoms with Crippen molar-refractivity contribution in [2.75, 3.05) is 13.1 Å². The number of aryl methyl sites for hydroxylation is 1. The summed E-state index contributed by atoms with van der Waals surface area (Å²) in [7, 11) is 1.89. The molecule has 0 saturated heterocycles. The predicted octanol–water partition coefficient (Wildman–Crippen LogP) is 0.709. The van der Waals surface area contributed by atoms with Gasteiger partial charge >= 0.3 is 0 Å². The van der Waals surface area contributed by atoms with Crippen molar-refractivity contribution >= 4 is 11.3 Å². The highest BCUT2D eigenvalue weighted by Crippen LogP contribution is 2.07. The van der Waals surface area contributed by atoms with Crippen molar-refractivity contribution in [1.29, 1.82) is 0 Å². The van der Waals surface area contributed by atoms with Crippen molar-refractivity contribution in [1.82, 2.24) is 20.1 Å². The van der Waals surface area contributed by atoms with Crippen LogP contribution >= 0.6 is 11.3 Å². The largest absolute Gasteiger partial charge is 0.323 e. The molecule has 92 valence electrons. The minimum atomic E-state index is -0.000802. The van der Waals surface area contributed by atoms with E-state index < -0.39 is 0 Å². The molecule has 2 aromatic heterocycles. The van der Waals surface area contributed by atoms with Gasteiger partial charge in [0.1, 0.15) is 0 Å². The van der Waals surface area contributed by atoms with Gasteiger partial charge in [-0.2, -0.15) is 5.10 Å². The van der Waals surface area contributed by atoms with E-state index in [1.54, 1.807) is 16.0 Å². The van der Waals surface area contributed by atoms with E-state index in [1.165, 1.54) is 0 Å². The molecule has 0 aliphatic carbocycles. The fourth-order valence-electron chi connectivity index (χ4n) is 1.58. The predicted molar refractivity (Wildman–Crippen MR) is 68.8 cm³/mol. The number of aromatic nitrogens is 3. The Morgan fingerprint density at radius 3 is 3.12 bits per heavy atom. The summed E-state index contributed by atoms with van der Waals surface area (Å²) in [5.41, 5.74) is 10.1. The van der Waals surface area contributed by atoms with Crippen LogP contribution < -0.4 is 11.1 Å². The Labute approximate surface area is 105 Å². The first-order valence-corrected chi connectivity index (χ1v) is 6.52. The molecule has 0 spiro atoms. The van der Waals surface area contributed by atoms with Crippen LogP contribution in [0.1, 0.15) is 17.3 Å². The molecule has 0 aromatic carbocycles. The zero-order valence-electron chi connectivity index (χ0n) is 9.84. The van der Waals surface area contributed by atoms with Crippen LogP contribution in [0.4, 0.5) is 0 Å². The smallest absolute Gasteiger partial charge is 0.0794 e. The van der Waals surface area contributed by atoms with Gasteiger partial charge in [0.05, 0.1) is 17.4 Å². The van der Waals surface area contributed by atoms with E-state index in [0.717, 1.165) is 30.8 Å². The lowest BCUT2D eigenvalue weighted by atomic mass is 10.2. The number of thiazole rings is 1. The van der Waals surface area contributed by atoms with Crippen LogP contribution in [0.25, 0.3) is 0 Å². The van der Waals surface area contributed by atoms with Gasteiger partial charge in [-0.05, 0) is 0 Å². The average molecular weight is 251 g/mol. The van der Waals surface area contributed by atoms with Gasteiger partial charge in [0.2, 0.25) is 0 Å². The highest BCUT2D eigenvalue weighted by molar-refractivity contribution is 7.07. The van der Waals surface area contributed by atoms with Crippen molar-refractivity contribution in [2.45, 2.75) is 12.5 Å². The SMILES string of the molecule is Cn1cc(C(N)CNCCc2cscn2)cn1. The summed E-state index contributed by atoms with van der Waals surface area (Å²) >= 11 is 1.63. The Balaban J connectivity index is 1.68. The van der Waals surface area contributed by atoms with E-state index in [-0.39, 0.29) is 6.04 Å². The molecule has 2 rings (SSSR count). The molecule has 0 saturated carbocycles. The summed E-state index contributed by atoms with van der Waals surface area (Å²) in [6, 6.07) is -0.000802. The number of rotatable bonds is 6. The number of nitrogens with one attached hydrogen (secondary N) is 1. The van der Waals surface area contributed by atoms with Gasteiger partial charge in [-0.3, -0.25) is 4.68 Å². The molecule has 6 heteroatoms. The highest BCUT2D eigenvalue weighted by Gasteiger charge is 2.07. The van der Waals surface area contributed by atoms with Gasteiger partial charge in [0, 0.05) is 49.7 Å². The number of nitrogens with zero attached hydrogens (tertiary/aromatic N) is 3. The molecule has 0 aliphatic heterocycles. The maximum Gasteiger partial charge on any atom is 0.0794 e. The average Bonchev–Trinajstić information content (AvgIpc) is 2.95. The lowest BCUT2D eigenvalue weighted by Crippen LogP contribution is -2.28. The molecule has 3 N–H and O–H groups in total. The number of hydrogen-bond donors (Lipinski definition) is 2. The quantitative estimate of drug-likeness (QED) is 0.742. The zero-order chi connectivity index (χ0) is 12.1. The standard InChI is InChI=1S/C11H17N5S/c1-16-6-9(4-15-16)11(12)5-13-3-2-10-7-17-8-14-10/h4,6-8,11,13H,2-3,5,12H2,1H3. The van der Waals surface area contributed by atoms with Gasteiger partial charge in [-0.25, -0.2) is 4.98 Å². The Morgan fingerprint density at radius 2 is 2.47 bits per heavy atom. The molecule has 0 amide bonds. The summed E-state index contributed by atoms with van der Waals surface area (Å²) < 4.78 is 1.77. The van der Waals surface area contributed by atoms with E-state index in [0.29, 0.717) is 0 Å². The van der Waals surface area contributed by atoms with Gasteiger partial charge in [-0.1, -0.05) is 0 Å². The van der Waals surface area contributed by atoms with E-state index in [9.17, 15) is 0 Å². The minimum Gasteiger partial charge on any atom is -0.323 e. The van der Waals surface area contributed by atoms with Gasteiger partial charge in [0.15, 0.2) is 0 Å². The summed E-state index contributed by atoms with van der Waals surface area (Å²) in [6.07, 6.45) is 4.71. The van der Waals surface area contributed by atoms with Crippen molar-refractivity contribution in [3.8, 4) is 0 Å². The topological polar surface area (TPSA) is 68.8 Å². The molecular weight excluding hydrogens is 234 g/mol. The van der Waals surface area contributed by atoms with Crippen molar-refractivity contribution < 1.29 is 0 Å².